The van der Waals surface area contributed by atoms with Crippen molar-refractivity contribution in [2.45, 2.75) is 117 Å². The van der Waals surface area contributed by atoms with E-state index in [0.717, 1.165) is 12.8 Å². The van der Waals surface area contributed by atoms with Crippen molar-refractivity contribution in [2.24, 2.45) is 5.73 Å². The first kappa shape index (κ1) is 28.8. The first-order chi connectivity index (χ1) is 13.6. The Kier molecular flexibility index (Phi) is 26.4. The number of unbranched alkanes of at least 4 members (excludes halogenated alkanes) is 11. The Morgan fingerprint density at radius 1 is 0.786 bits per heavy atom. The third-order valence-corrected chi connectivity index (χ3v) is 4.30. The van der Waals surface area contributed by atoms with Crippen LogP contribution in [0.5, 0.6) is 0 Å². The maximum Gasteiger partial charge on any atom is 0.324 e. The Hall–Kier alpha value is -1.36. The molecule has 0 aliphatic rings. The van der Waals surface area contributed by atoms with Crippen molar-refractivity contribution in [3.63, 3.8) is 0 Å². The quantitative estimate of drug-likeness (QED) is 0.169. The molecule has 28 heavy (non-hydrogen) atoms. The van der Waals surface area contributed by atoms with Gasteiger partial charge in [-0.3, -0.25) is 9.59 Å². The lowest BCUT2D eigenvalue weighted by Crippen LogP contribution is -2.18. The van der Waals surface area contributed by atoms with Crippen LogP contribution < -0.4 is 11.2 Å². The first-order valence-electron chi connectivity index (χ1n) is 11.4. The highest BCUT2D eigenvalue weighted by Crippen LogP contribution is 2.09. The van der Waals surface area contributed by atoms with E-state index in [-0.39, 0.29) is 11.9 Å². The van der Waals surface area contributed by atoms with Crippen molar-refractivity contribution in [3.8, 4) is 0 Å². The Bertz CT molecular complexity index is 371. The van der Waals surface area contributed by atoms with Crippen molar-refractivity contribution < 1.29 is 14.4 Å². The molecule has 0 heterocycles. The van der Waals surface area contributed by atoms with Gasteiger partial charge in [0.1, 0.15) is 0 Å². The normalized spacial score (nSPS) is 10.5. The van der Waals surface area contributed by atoms with Gasteiger partial charge in [-0.2, -0.15) is 5.48 Å². The molecule has 0 radical (unpaired) electrons. The van der Waals surface area contributed by atoms with E-state index in [2.05, 4.69) is 29.4 Å². The van der Waals surface area contributed by atoms with Gasteiger partial charge < -0.3 is 10.6 Å². The van der Waals surface area contributed by atoms with Gasteiger partial charge in [0.2, 0.25) is 5.91 Å². The molecule has 0 aromatic carbocycles. The summed E-state index contributed by atoms with van der Waals surface area (Å²) in [6.07, 6.45) is 22.3. The molecule has 0 saturated carbocycles. The van der Waals surface area contributed by atoms with Crippen molar-refractivity contribution in [1.29, 1.82) is 0 Å². The second-order valence-corrected chi connectivity index (χ2v) is 7.13. The summed E-state index contributed by atoms with van der Waals surface area (Å²) >= 11 is 0. The highest BCUT2D eigenvalue weighted by Gasteiger charge is 1.94. The van der Waals surface area contributed by atoms with Crippen LogP contribution in [-0.4, -0.2) is 18.4 Å². The summed E-state index contributed by atoms with van der Waals surface area (Å²) in [5.74, 6) is -0.380. The maximum absolute atomic E-state index is 10.5. The Morgan fingerprint density at radius 3 is 1.75 bits per heavy atom. The summed E-state index contributed by atoms with van der Waals surface area (Å²) in [6.45, 7) is 6.54. The molecule has 5 nitrogen and oxygen atoms in total. The van der Waals surface area contributed by atoms with E-state index in [1.807, 2.05) is 6.92 Å². The van der Waals surface area contributed by atoms with E-state index in [1.54, 1.807) is 6.92 Å². The standard InChI is InChI=1S/C18H35NO.C5H11NO2/c1-2-3-4-5-6-7-8-9-10-11-12-13-14-15-16-17-18(19)20;1-3-5(7)8-6-4-2/h9-10H,2-8,11-17H2,1H3,(H2,19,20);6H,3-4H2,1-2H3/b10-9-;. The molecule has 0 unspecified atom stereocenters. The van der Waals surface area contributed by atoms with E-state index in [0.29, 0.717) is 19.4 Å². The van der Waals surface area contributed by atoms with Crippen LogP contribution in [-0.2, 0) is 14.4 Å². The van der Waals surface area contributed by atoms with Crippen molar-refractivity contribution in [2.75, 3.05) is 6.54 Å². The maximum atomic E-state index is 10.5. The van der Waals surface area contributed by atoms with Gasteiger partial charge in [0.15, 0.2) is 0 Å². The molecule has 0 aliphatic heterocycles. The van der Waals surface area contributed by atoms with Crippen LogP contribution in [0.4, 0.5) is 0 Å². The Balaban J connectivity index is 0. The number of hydrogen-bond acceptors (Lipinski definition) is 4. The number of allylic oxidation sites excluding steroid dienone is 2. The highest BCUT2D eigenvalue weighted by molar-refractivity contribution is 5.73. The van der Waals surface area contributed by atoms with Crippen LogP contribution in [0.3, 0.4) is 0 Å². The number of hydroxylamine groups is 1. The number of rotatable bonds is 18. The summed E-state index contributed by atoms with van der Waals surface area (Å²) in [7, 11) is 0. The van der Waals surface area contributed by atoms with Gasteiger partial charge in [0, 0.05) is 19.4 Å². The monoisotopic (exact) mass is 398 g/mol. The van der Waals surface area contributed by atoms with E-state index in [9.17, 15) is 9.59 Å². The molecule has 0 spiro atoms. The third kappa shape index (κ3) is 29.4. The summed E-state index contributed by atoms with van der Waals surface area (Å²) in [5, 5.41) is 0. The molecule has 3 N–H and O–H groups in total. The van der Waals surface area contributed by atoms with Crippen LogP contribution in [0.1, 0.15) is 117 Å². The largest absolute Gasteiger partial charge is 0.371 e. The first-order valence-corrected chi connectivity index (χ1v) is 11.4. The fourth-order valence-corrected chi connectivity index (χ4v) is 2.59. The fourth-order valence-electron chi connectivity index (χ4n) is 2.59. The van der Waals surface area contributed by atoms with Crippen LogP contribution in [0.15, 0.2) is 12.2 Å². The predicted molar refractivity (Wildman–Crippen MR) is 119 cm³/mol. The van der Waals surface area contributed by atoms with Gasteiger partial charge in [0.05, 0.1) is 0 Å². The lowest BCUT2D eigenvalue weighted by Gasteiger charge is -1.99. The summed E-state index contributed by atoms with van der Waals surface area (Å²) in [6, 6.07) is 0. The number of hydrogen-bond donors (Lipinski definition) is 2. The Morgan fingerprint density at radius 2 is 1.29 bits per heavy atom. The van der Waals surface area contributed by atoms with E-state index in [4.69, 9.17) is 5.73 Å². The summed E-state index contributed by atoms with van der Waals surface area (Å²) in [5.41, 5.74) is 7.55. The van der Waals surface area contributed by atoms with Crippen LogP contribution in [0, 0.1) is 0 Å². The number of carbonyl (C=O) groups excluding carboxylic acids is 2. The molecule has 0 bridgehead atoms. The molecule has 0 rings (SSSR count). The number of primary amides is 1. The number of nitrogens with one attached hydrogen (secondary N) is 1. The van der Waals surface area contributed by atoms with Crippen molar-refractivity contribution in [3.05, 3.63) is 12.2 Å². The smallest absolute Gasteiger partial charge is 0.324 e. The topological polar surface area (TPSA) is 81.4 Å². The minimum atomic E-state index is -0.216. The van der Waals surface area contributed by atoms with E-state index in [1.165, 1.54) is 70.6 Å². The van der Waals surface area contributed by atoms with Crippen molar-refractivity contribution in [1.82, 2.24) is 5.48 Å². The fraction of sp³-hybridized carbons (Fsp3) is 0.826. The summed E-state index contributed by atoms with van der Waals surface area (Å²) in [4.78, 5) is 25.3. The molecule has 0 saturated heterocycles. The second-order valence-electron chi connectivity index (χ2n) is 7.13. The average Bonchev–Trinajstić information content (AvgIpc) is 2.69. The minimum Gasteiger partial charge on any atom is -0.371 e. The van der Waals surface area contributed by atoms with E-state index >= 15 is 0 Å². The molecular weight excluding hydrogens is 352 g/mol. The predicted octanol–water partition coefficient (Wildman–Crippen LogP) is 5.97. The zero-order valence-electron chi connectivity index (χ0n) is 18.8. The van der Waals surface area contributed by atoms with Crippen LogP contribution >= 0.6 is 0 Å². The lowest BCUT2D eigenvalue weighted by molar-refractivity contribution is -0.150. The molecule has 5 heteroatoms. The van der Waals surface area contributed by atoms with E-state index < -0.39 is 0 Å². The van der Waals surface area contributed by atoms with Crippen LogP contribution in [0.25, 0.3) is 0 Å². The van der Waals surface area contributed by atoms with Crippen molar-refractivity contribution >= 4 is 11.9 Å². The zero-order chi connectivity index (χ0) is 21.3. The number of nitrogens with two attached hydrogens (primary N) is 1. The highest BCUT2D eigenvalue weighted by atomic mass is 16.7. The Labute approximate surface area is 173 Å². The number of amides is 1. The van der Waals surface area contributed by atoms with Gasteiger partial charge in [-0.15, -0.1) is 0 Å². The van der Waals surface area contributed by atoms with Gasteiger partial charge >= 0.3 is 5.97 Å². The lowest BCUT2D eigenvalue weighted by atomic mass is 10.1. The molecule has 1 amide bonds. The molecule has 0 aromatic heterocycles. The third-order valence-electron chi connectivity index (χ3n) is 4.30. The molecule has 0 aromatic rings. The minimum absolute atomic E-state index is 0.164. The summed E-state index contributed by atoms with van der Waals surface area (Å²) < 4.78 is 0. The van der Waals surface area contributed by atoms with Gasteiger partial charge in [-0.25, -0.2) is 0 Å². The molecule has 0 aliphatic carbocycles. The van der Waals surface area contributed by atoms with Crippen LogP contribution in [0.2, 0.25) is 0 Å². The molecular formula is C23H46N2O3. The average molecular weight is 399 g/mol. The second kappa shape index (κ2) is 25.6. The number of carbonyl (C=O) groups is 2. The molecule has 166 valence electrons. The van der Waals surface area contributed by atoms with Gasteiger partial charge in [-0.05, 0) is 39.0 Å². The van der Waals surface area contributed by atoms with Gasteiger partial charge in [0.25, 0.3) is 0 Å². The molecule has 0 fully saturated rings. The SMILES string of the molecule is CCCCCCCC/C=C\CCCCCCCC(N)=O.CCNOC(=O)CC. The zero-order valence-corrected chi connectivity index (χ0v) is 18.8. The molecule has 0 atom stereocenters. The van der Waals surface area contributed by atoms with Gasteiger partial charge in [-0.1, -0.05) is 77.4 Å².